The summed E-state index contributed by atoms with van der Waals surface area (Å²) < 4.78 is 153. The smallest absolute Gasteiger partial charge is 0.164 e. The standard InChI is InChI=1S/C45H28N4O/c1-3-14-29(15-4-1)43-46-44(30-16-5-2-6-17-30)48-45(47-43)31-26-27-34(36-21-13-22-37-35-20-9-12-25-41(35)50-42(36)37)40(28-31)49-38-23-10-7-18-32(38)33-19-8-11-24-39(33)49/h1-28H/i7D,8D,9D,12D,13D,18D,19D,20D,21D,22D,23D,24D,25D,26D,27D,28D. The van der Waals surface area contributed by atoms with E-state index in [1.165, 1.54) is 0 Å². The average Bonchev–Trinajstić information content (AvgIpc) is 3.89. The van der Waals surface area contributed by atoms with E-state index in [-0.39, 0.29) is 55.6 Å². The van der Waals surface area contributed by atoms with Crippen LogP contribution in [0.4, 0.5) is 0 Å². The summed E-state index contributed by atoms with van der Waals surface area (Å²) in [5.74, 6) is -0.0207. The van der Waals surface area contributed by atoms with Crippen molar-refractivity contribution in [3.63, 3.8) is 0 Å². The fourth-order valence-corrected chi connectivity index (χ4v) is 6.02. The molecule has 0 saturated heterocycles. The van der Waals surface area contributed by atoms with Crippen molar-refractivity contribution < 1.29 is 26.3 Å². The van der Waals surface area contributed by atoms with Gasteiger partial charge in [0.1, 0.15) is 11.2 Å². The van der Waals surface area contributed by atoms with Crippen molar-refractivity contribution in [2.75, 3.05) is 0 Å². The minimum Gasteiger partial charge on any atom is -0.455 e. The Hall–Kier alpha value is -6.85. The second-order valence-electron chi connectivity index (χ2n) is 11.2. The first kappa shape index (κ1) is 16.5. The highest BCUT2D eigenvalue weighted by Gasteiger charge is 2.21. The zero-order valence-corrected chi connectivity index (χ0v) is 25.6. The van der Waals surface area contributed by atoms with E-state index in [1.54, 1.807) is 60.7 Å². The lowest BCUT2D eigenvalue weighted by atomic mass is 9.98. The van der Waals surface area contributed by atoms with Crippen LogP contribution in [-0.4, -0.2) is 19.5 Å². The molecular weight excluding hydrogens is 613 g/mol. The summed E-state index contributed by atoms with van der Waals surface area (Å²) >= 11 is 0. The van der Waals surface area contributed by atoms with Crippen molar-refractivity contribution in [2.24, 2.45) is 0 Å². The fourth-order valence-electron chi connectivity index (χ4n) is 6.02. The van der Waals surface area contributed by atoms with Crippen molar-refractivity contribution >= 4 is 43.7 Å². The molecule has 0 aliphatic heterocycles. The lowest BCUT2D eigenvalue weighted by Crippen LogP contribution is -2.02. The van der Waals surface area contributed by atoms with Crippen LogP contribution in [0.2, 0.25) is 0 Å². The van der Waals surface area contributed by atoms with Crippen LogP contribution in [0.25, 0.3) is 94.7 Å². The molecular formula is C45H28N4O. The van der Waals surface area contributed by atoms with Gasteiger partial charge >= 0.3 is 0 Å². The van der Waals surface area contributed by atoms with Crippen LogP contribution in [0.15, 0.2) is 174 Å². The van der Waals surface area contributed by atoms with E-state index in [1.807, 2.05) is 0 Å². The first-order valence-electron chi connectivity index (χ1n) is 23.4. The predicted octanol–water partition coefficient (Wildman–Crippen LogP) is 11.5. The van der Waals surface area contributed by atoms with Crippen LogP contribution in [0.1, 0.15) is 21.9 Å². The van der Waals surface area contributed by atoms with E-state index in [0.717, 1.165) is 16.7 Å². The normalized spacial score (nSPS) is 16.1. The SMILES string of the molecule is [2H]c1cc([2H])c2c(c1[2H])c1c([2H])c([2H])cc([2H])c1n2-c1c([2H])c(-c2nc(-c3ccccc3)nc(-c3ccccc3)n2)c([2H])c([2H])c1-c1c([2H])c([2H])c([2H])c2c1oc1c([2H])c([2H])c([2H])c([2H])c12. The maximum absolute atomic E-state index is 10.2. The monoisotopic (exact) mass is 656 g/mol. The molecule has 5 nitrogen and oxygen atoms in total. The summed E-state index contributed by atoms with van der Waals surface area (Å²) in [5, 5.41) is -1.06. The molecule has 50 heavy (non-hydrogen) atoms. The Kier molecular flexibility index (Phi) is 3.76. The number of fused-ring (bicyclic) bond motifs is 6. The van der Waals surface area contributed by atoms with Gasteiger partial charge in [-0.2, -0.15) is 0 Å². The average molecular weight is 657 g/mol. The summed E-state index contributed by atoms with van der Waals surface area (Å²) in [6, 6.07) is 9.99. The van der Waals surface area contributed by atoms with Gasteiger partial charge in [-0.15, -0.1) is 0 Å². The first-order chi connectivity index (χ1) is 31.4. The number of rotatable bonds is 5. The molecule has 0 aliphatic carbocycles. The van der Waals surface area contributed by atoms with Gasteiger partial charge in [0, 0.05) is 49.4 Å². The van der Waals surface area contributed by atoms with Gasteiger partial charge in [0.05, 0.1) is 38.7 Å². The third kappa shape index (κ3) is 4.52. The molecule has 0 unspecified atom stereocenters. The number of para-hydroxylation sites is 4. The zero-order chi connectivity index (χ0) is 46.9. The summed E-state index contributed by atoms with van der Waals surface area (Å²) in [4.78, 5) is 14.2. The maximum atomic E-state index is 10.2. The summed E-state index contributed by atoms with van der Waals surface area (Å²) in [7, 11) is 0. The zero-order valence-electron chi connectivity index (χ0n) is 41.6. The Labute approximate surface area is 310 Å². The molecule has 234 valence electrons. The van der Waals surface area contributed by atoms with E-state index < -0.39 is 125 Å². The summed E-state index contributed by atoms with van der Waals surface area (Å²) in [6.45, 7) is 0. The van der Waals surface area contributed by atoms with Crippen LogP contribution in [0.5, 0.6) is 0 Å². The van der Waals surface area contributed by atoms with Gasteiger partial charge in [-0.05, 0) is 24.2 Å². The third-order valence-corrected chi connectivity index (χ3v) is 8.25. The fraction of sp³-hybridized carbons (Fsp3) is 0. The Balaban J connectivity index is 1.47. The van der Waals surface area contributed by atoms with Crippen LogP contribution in [-0.2, 0) is 0 Å². The highest BCUT2D eigenvalue weighted by Crippen LogP contribution is 2.42. The van der Waals surface area contributed by atoms with Gasteiger partial charge in [-0.1, -0.05) is 145 Å². The number of furan rings is 1. The highest BCUT2D eigenvalue weighted by molar-refractivity contribution is 6.12. The Bertz CT molecular complexity index is 3650. The number of hydrogen-bond donors (Lipinski definition) is 0. The first-order valence-corrected chi connectivity index (χ1v) is 15.4. The van der Waals surface area contributed by atoms with E-state index in [9.17, 15) is 8.22 Å². The van der Waals surface area contributed by atoms with Crippen molar-refractivity contribution in [1.29, 1.82) is 0 Å². The topological polar surface area (TPSA) is 56.7 Å². The van der Waals surface area contributed by atoms with Crippen LogP contribution >= 0.6 is 0 Å². The molecule has 0 bridgehead atoms. The van der Waals surface area contributed by atoms with Crippen molar-refractivity contribution in [2.45, 2.75) is 0 Å². The van der Waals surface area contributed by atoms with Gasteiger partial charge in [0.15, 0.2) is 17.5 Å². The van der Waals surface area contributed by atoms with Crippen LogP contribution in [0.3, 0.4) is 0 Å². The number of hydrogen-bond acceptors (Lipinski definition) is 4. The molecule has 0 amide bonds. The van der Waals surface area contributed by atoms with Crippen LogP contribution < -0.4 is 0 Å². The Morgan fingerprint density at radius 2 is 1.04 bits per heavy atom. The van der Waals surface area contributed by atoms with Gasteiger partial charge in [0.2, 0.25) is 0 Å². The molecule has 7 aromatic carbocycles. The van der Waals surface area contributed by atoms with E-state index in [2.05, 4.69) is 0 Å². The van der Waals surface area contributed by atoms with Crippen molar-refractivity contribution in [1.82, 2.24) is 19.5 Å². The predicted molar refractivity (Wildman–Crippen MR) is 203 cm³/mol. The largest absolute Gasteiger partial charge is 0.455 e. The number of benzene rings is 7. The lowest BCUT2D eigenvalue weighted by molar-refractivity contribution is 0.670. The van der Waals surface area contributed by atoms with Gasteiger partial charge in [-0.3, -0.25) is 0 Å². The summed E-state index contributed by atoms with van der Waals surface area (Å²) in [6.07, 6.45) is 0. The van der Waals surface area contributed by atoms with Gasteiger partial charge in [-0.25, -0.2) is 15.0 Å². The highest BCUT2D eigenvalue weighted by atomic mass is 16.3. The molecule has 0 radical (unpaired) electrons. The molecule has 3 heterocycles. The van der Waals surface area contributed by atoms with Gasteiger partial charge in [0.25, 0.3) is 0 Å². The quantitative estimate of drug-likeness (QED) is 0.185. The molecule has 0 aliphatic rings. The molecule has 3 aromatic heterocycles. The molecule has 0 atom stereocenters. The molecule has 5 heteroatoms. The van der Waals surface area contributed by atoms with E-state index in [4.69, 9.17) is 33.1 Å². The Morgan fingerprint density at radius 3 is 1.70 bits per heavy atom. The molecule has 0 spiro atoms. The minimum absolute atomic E-state index is 0.125. The van der Waals surface area contributed by atoms with E-state index in [0.29, 0.717) is 11.1 Å². The van der Waals surface area contributed by atoms with Crippen molar-refractivity contribution in [3.05, 3.63) is 169 Å². The number of nitrogens with zero attached hydrogens (tertiary/aromatic N) is 4. The summed E-state index contributed by atoms with van der Waals surface area (Å²) in [5.41, 5.74) is -2.23. The number of aromatic nitrogens is 4. The third-order valence-electron chi connectivity index (χ3n) is 8.25. The Morgan fingerprint density at radius 1 is 0.460 bits per heavy atom. The molecule has 10 aromatic rings. The van der Waals surface area contributed by atoms with E-state index >= 15 is 0 Å². The molecule has 0 N–H and O–H groups in total. The maximum Gasteiger partial charge on any atom is 0.164 e. The second-order valence-corrected chi connectivity index (χ2v) is 11.2. The van der Waals surface area contributed by atoms with Crippen LogP contribution in [0, 0.1) is 0 Å². The lowest BCUT2D eigenvalue weighted by Gasteiger charge is -2.16. The van der Waals surface area contributed by atoms with Gasteiger partial charge < -0.3 is 8.98 Å². The molecule has 10 rings (SSSR count). The minimum atomic E-state index is -0.776. The second kappa shape index (κ2) is 11.4. The molecule has 0 saturated carbocycles. The van der Waals surface area contributed by atoms with Crippen molar-refractivity contribution in [3.8, 4) is 51.0 Å². The molecule has 0 fully saturated rings.